The minimum atomic E-state index is 0.165. The Labute approximate surface area is 137 Å². The van der Waals surface area contributed by atoms with E-state index in [1.165, 1.54) is 19.3 Å². The monoisotopic (exact) mass is 315 g/mol. The second-order valence-electron chi connectivity index (χ2n) is 6.25. The van der Waals surface area contributed by atoms with Crippen molar-refractivity contribution in [1.82, 2.24) is 25.3 Å². The molecule has 1 aliphatic heterocycles. The first-order valence-corrected chi connectivity index (χ1v) is 8.40. The molecule has 3 rings (SSSR count). The third kappa shape index (κ3) is 3.95. The van der Waals surface area contributed by atoms with Crippen LogP contribution in [0.15, 0.2) is 29.0 Å². The zero-order valence-corrected chi connectivity index (χ0v) is 13.9. The van der Waals surface area contributed by atoms with Gasteiger partial charge in [0.1, 0.15) is 0 Å². The van der Waals surface area contributed by atoms with Crippen molar-refractivity contribution in [2.45, 2.75) is 32.2 Å². The summed E-state index contributed by atoms with van der Waals surface area (Å²) in [5.41, 5.74) is 0.889. The number of pyridine rings is 1. The average Bonchev–Trinajstić information content (AvgIpc) is 3.11. The molecule has 6 heteroatoms. The molecular weight excluding hydrogens is 290 g/mol. The molecule has 1 fully saturated rings. The first kappa shape index (κ1) is 16.1. The van der Waals surface area contributed by atoms with E-state index in [9.17, 15) is 0 Å². The predicted molar refractivity (Wildman–Crippen MR) is 88.8 cm³/mol. The van der Waals surface area contributed by atoms with Crippen LogP contribution in [0.2, 0.25) is 0 Å². The molecule has 2 aromatic rings. The van der Waals surface area contributed by atoms with E-state index < -0.39 is 0 Å². The van der Waals surface area contributed by atoms with Gasteiger partial charge in [0.2, 0.25) is 11.7 Å². The Hall–Kier alpha value is -1.79. The molecule has 0 aromatic carbocycles. The number of hydrogen-bond donors (Lipinski definition) is 1. The first-order valence-electron chi connectivity index (χ1n) is 8.40. The molecule has 1 N–H and O–H groups in total. The Morgan fingerprint density at radius 2 is 2.22 bits per heavy atom. The minimum Gasteiger partial charge on any atom is -0.337 e. The van der Waals surface area contributed by atoms with E-state index in [4.69, 9.17) is 4.52 Å². The van der Waals surface area contributed by atoms with Crippen molar-refractivity contribution in [3.63, 3.8) is 0 Å². The molecule has 0 radical (unpaired) electrons. The highest BCUT2D eigenvalue weighted by molar-refractivity contribution is 5.51. The summed E-state index contributed by atoms with van der Waals surface area (Å²) in [6, 6.07) is 3.99. The molecule has 0 saturated carbocycles. The fourth-order valence-electron chi connectivity index (χ4n) is 3.15. The van der Waals surface area contributed by atoms with Crippen molar-refractivity contribution >= 4 is 0 Å². The second kappa shape index (κ2) is 7.66. The number of aromatic nitrogens is 3. The van der Waals surface area contributed by atoms with Crippen molar-refractivity contribution in [3.05, 3.63) is 30.4 Å². The Kier molecular flexibility index (Phi) is 5.35. The summed E-state index contributed by atoms with van der Waals surface area (Å²) in [5, 5.41) is 7.34. The number of rotatable bonds is 6. The standard InChI is InChI=1S/C17H25N5O/c1-13(22-10-6-14(7-11-22)5-9-18-2)17-20-16(21-23-17)15-4-3-8-19-12-15/h3-4,8,12-14,18H,5-7,9-11H2,1-2H3. The topological polar surface area (TPSA) is 67.1 Å². The minimum absolute atomic E-state index is 0.165. The van der Waals surface area contributed by atoms with Crippen LogP contribution in [0.3, 0.4) is 0 Å². The zero-order chi connectivity index (χ0) is 16.1. The predicted octanol–water partition coefficient (Wildman–Crippen LogP) is 2.51. The Bertz CT molecular complexity index is 592. The molecule has 0 bridgehead atoms. The lowest BCUT2D eigenvalue weighted by atomic mass is 9.93. The van der Waals surface area contributed by atoms with Crippen molar-refractivity contribution in [1.29, 1.82) is 0 Å². The first-order chi connectivity index (χ1) is 11.3. The summed E-state index contributed by atoms with van der Waals surface area (Å²) >= 11 is 0. The molecule has 2 aromatic heterocycles. The maximum Gasteiger partial charge on any atom is 0.244 e. The van der Waals surface area contributed by atoms with Crippen LogP contribution in [0.1, 0.15) is 38.1 Å². The Balaban J connectivity index is 1.59. The number of likely N-dealkylation sites (tertiary alicyclic amines) is 1. The lowest BCUT2D eigenvalue weighted by Gasteiger charge is -2.34. The average molecular weight is 315 g/mol. The third-order valence-electron chi connectivity index (χ3n) is 4.72. The Morgan fingerprint density at radius 3 is 2.91 bits per heavy atom. The lowest BCUT2D eigenvalue weighted by molar-refractivity contribution is 0.117. The number of hydrogen-bond acceptors (Lipinski definition) is 6. The molecule has 0 amide bonds. The molecule has 1 saturated heterocycles. The Morgan fingerprint density at radius 1 is 1.39 bits per heavy atom. The molecule has 1 unspecified atom stereocenters. The summed E-state index contributed by atoms with van der Waals surface area (Å²) < 4.78 is 5.49. The highest BCUT2D eigenvalue weighted by Crippen LogP contribution is 2.28. The van der Waals surface area contributed by atoms with Gasteiger partial charge in [-0.25, -0.2) is 0 Å². The summed E-state index contributed by atoms with van der Waals surface area (Å²) in [7, 11) is 2.02. The molecule has 0 aliphatic carbocycles. The van der Waals surface area contributed by atoms with Crippen LogP contribution in [0.25, 0.3) is 11.4 Å². The van der Waals surface area contributed by atoms with E-state index in [0.29, 0.717) is 11.7 Å². The van der Waals surface area contributed by atoms with Gasteiger partial charge in [-0.15, -0.1) is 0 Å². The van der Waals surface area contributed by atoms with Crippen LogP contribution in [0, 0.1) is 5.92 Å². The van der Waals surface area contributed by atoms with Gasteiger partial charge in [0.05, 0.1) is 6.04 Å². The van der Waals surface area contributed by atoms with Gasteiger partial charge in [-0.05, 0) is 70.9 Å². The SMILES string of the molecule is CNCCC1CCN(C(C)c2nc(-c3cccnc3)no2)CC1. The molecule has 124 valence electrons. The number of nitrogens with one attached hydrogen (secondary N) is 1. The molecule has 3 heterocycles. The van der Waals surface area contributed by atoms with Crippen LogP contribution in [0.5, 0.6) is 0 Å². The van der Waals surface area contributed by atoms with Crippen LogP contribution < -0.4 is 5.32 Å². The van der Waals surface area contributed by atoms with Gasteiger partial charge in [-0.3, -0.25) is 9.88 Å². The van der Waals surface area contributed by atoms with Gasteiger partial charge in [0.15, 0.2) is 0 Å². The number of piperidine rings is 1. The largest absolute Gasteiger partial charge is 0.337 e. The normalized spacial score (nSPS) is 18.2. The molecular formula is C17H25N5O. The quantitative estimate of drug-likeness (QED) is 0.883. The van der Waals surface area contributed by atoms with Gasteiger partial charge in [-0.2, -0.15) is 4.98 Å². The summed E-state index contributed by atoms with van der Waals surface area (Å²) in [5.74, 6) is 2.14. The maximum absolute atomic E-state index is 5.49. The second-order valence-corrected chi connectivity index (χ2v) is 6.25. The summed E-state index contributed by atoms with van der Waals surface area (Å²) in [6.45, 7) is 5.45. The summed E-state index contributed by atoms with van der Waals surface area (Å²) in [6.07, 6.45) is 7.26. The van der Waals surface area contributed by atoms with Crippen molar-refractivity contribution in [2.75, 3.05) is 26.7 Å². The third-order valence-corrected chi connectivity index (χ3v) is 4.72. The van der Waals surface area contributed by atoms with E-state index in [2.05, 4.69) is 32.3 Å². The fraction of sp³-hybridized carbons (Fsp3) is 0.588. The van der Waals surface area contributed by atoms with Crippen molar-refractivity contribution < 1.29 is 4.52 Å². The molecule has 6 nitrogen and oxygen atoms in total. The molecule has 0 spiro atoms. The van der Waals surface area contributed by atoms with Gasteiger partial charge in [0, 0.05) is 18.0 Å². The van der Waals surface area contributed by atoms with E-state index >= 15 is 0 Å². The van der Waals surface area contributed by atoms with Crippen LogP contribution in [-0.4, -0.2) is 46.7 Å². The smallest absolute Gasteiger partial charge is 0.244 e. The van der Waals surface area contributed by atoms with E-state index in [1.807, 2.05) is 19.2 Å². The molecule has 23 heavy (non-hydrogen) atoms. The molecule has 1 atom stereocenters. The van der Waals surface area contributed by atoms with Crippen LogP contribution in [0.4, 0.5) is 0 Å². The summed E-state index contributed by atoms with van der Waals surface area (Å²) in [4.78, 5) is 11.1. The maximum atomic E-state index is 5.49. The lowest BCUT2D eigenvalue weighted by Crippen LogP contribution is -2.36. The van der Waals surface area contributed by atoms with E-state index in [1.54, 1.807) is 12.4 Å². The van der Waals surface area contributed by atoms with Gasteiger partial charge < -0.3 is 9.84 Å². The van der Waals surface area contributed by atoms with Gasteiger partial charge in [-0.1, -0.05) is 5.16 Å². The number of nitrogens with zero attached hydrogens (tertiary/aromatic N) is 4. The zero-order valence-electron chi connectivity index (χ0n) is 13.9. The van der Waals surface area contributed by atoms with Crippen molar-refractivity contribution in [2.24, 2.45) is 5.92 Å². The van der Waals surface area contributed by atoms with Crippen LogP contribution in [-0.2, 0) is 0 Å². The van der Waals surface area contributed by atoms with E-state index in [-0.39, 0.29) is 6.04 Å². The highest BCUT2D eigenvalue weighted by atomic mass is 16.5. The highest BCUT2D eigenvalue weighted by Gasteiger charge is 2.26. The fourth-order valence-corrected chi connectivity index (χ4v) is 3.15. The van der Waals surface area contributed by atoms with Gasteiger partial charge in [0.25, 0.3) is 0 Å². The van der Waals surface area contributed by atoms with Crippen LogP contribution >= 0.6 is 0 Å². The molecule has 1 aliphatic rings. The van der Waals surface area contributed by atoms with E-state index in [0.717, 1.165) is 31.1 Å². The van der Waals surface area contributed by atoms with Gasteiger partial charge >= 0.3 is 0 Å². The van der Waals surface area contributed by atoms with Crippen molar-refractivity contribution in [3.8, 4) is 11.4 Å².